The number of piperidine rings is 1. The van der Waals surface area contributed by atoms with E-state index in [-0.39, 0.29) is 41.6 Å². The van der Waals surface area contributed by atoms with Crippen molar-refractivity contribution >= 4 is 34.7 Å². The highest BCUT2D eigenvalue weighted by molar-refractivity contribution is 6.31. The van der Waals surface area contributed by atoms with Gasteiger partial charge in [-0.05, 0) is 42.2 Å². The Morgan fingerprint density at radius 1 is 1.18 bits per heavy atom. The lowest BCUT2D eigenvalue weighted by Gasteiger charge is -2.32. The van der Waals surface area contributed by atoms with Crippen LogP contribution in [0.5, 0.6) is 5.75 Å². The molecule has 0 spiro atoms. The number of carbonyl (C=O) groups is 1. The predicted octanol–water partition coefficient (Wildman–Crippen LogP) is 2.28. The molecule has 1 aliphatic heterocycles. The fourth-order valence-corrected chi connectivity index (χ4v) is 5.28. The van der Waals surface area contributed by atoms with Gasteiger partial charge in [-0.15, -0.1) is 0 Å². The second kappa shape index (κ2) is 10.6. The summed E-state index contributed by atoms with van der Waals surface area (Å²) in [4.78, 5) is 45.9. The van der Waals surface area contributed by atoms with Crippen molar-refractivity contribution < 1.29 is 14.6 Å². The lowest BCUT2D eigenvalue weighted by atomic mass is 10.1. The molecule has 0 aliphatic carbocycles. The number of carboxylic acids is 1. The number of halogens is 1. The summed E-state index contributed by atoms with van der Waals surface area (Å²) in [5.74, 6) is -0.446. The number of nitrogens with two attached hydrogens (primary N) is 1. The fraction of sp³-hybridized carbons (Fsp3) is 0.333. The first-order chi connectivity index (χ1) is 18.7. The van der Waals surface area contributed by atoms with Gasteiger partial charge in [0, 0.05) is 31.2 Å². The Kier molecular flexibility index (Phi) is 7.19. The number of carboxylic acid groups (broad SMARTS) is 1. The van der Waals surface area contributed by atoms with Crippen molar-refractivity contribution in [2.24, 2.45) is 12.8 Å². The van der Waals surface area contributed by atoms with Crippen LogP contribution in [0.3, 0.4) is 0 Å². The van der Waals surface area contributed by atoms with E-state index in [9.17, 15) is 19.5 Å². The molecule has 204 valence electrons. The van der Waals surface area contributed by atoms with Gasteiger partial charge in [-0.2, -0.15) is 4.98 Å². The summed E-state index contributed by atoms with van der Waals surface area (Å²) < 4.78 is 9.36. The number of hydrogen-bond acceptors (Lipinski definition) is 7. The minimum absolute atomic E-state index is 0.0358. The number of nitrogens with zero attached hydrogens (tertiary/aromatic N) is 5. The molecule has 0 saturated carbocycles. The third kappa shape index (κ3) is 4.90. The zero-order valence-electron chi connectivity index (χ0n) is 21.6. The summed E-state index contributed by atoms with van der Waals surface area (Å²) in [6, 6.07) is 11.9. The Morgan fingerprint density at radius 3 is 2.64 bits per heavy atom. The Bertz CT molecular complexity index is 1690. The Labute approximate surface area is 228 Å². The molecule has 1 aliphatic rings. The van der Waals surface area contributed by atoms with Gasteiger partial charge in [-0.1, -0.05) is 35.9 Å². The largest absolute Gasteiger partial charge is 0.496 e. The average molecular weight is 553 g/mol. The molecule has 2 aromatic carbocycles. The number of aryl methyl sites for hydroxylation is 1. The maximum atomic E-state index is 14.0. The summed E-state index contributed by atoms with van der Waals surface area (Å²) in [6.07, 6.45) is 1.77. The monoisotopic (exact) mass is 552 g/mol. The van der Waals surface area contributed by atoms with Crippen LogP contribution < -0.4 is 26.6 Å². The van der Waals surface area contributed by atoms with Crippen LogP contribution in [0.2, 0.25) is 5.02 Å². The molecule has 1 saturated heterocycles. The number of ether oxygens (including phenoxy) is 1. The first-order valence-electron chi connectivity index (χ1n) is 12.5. The maximum Gasteiger partial charge on any atom is 0.339 e. The van der Waals surface area contributed by atoms with E-state index in [1.54, 1.807) is 23.7 Å². The van der Waals surface area contributed by atoms with Crippen LogP contribution in [0.1, 0.15) is 34.3 Å². The van der Waals surface area contributed by atoms with Crippen molar-refractivity contribution in [2.75, 3.05) is 25.1 Å². The van der Waals surface area contributed by atoms with E-state index >= 15 is 0 Å². The van der Waals surface area contributed by atoms with Crippen LogP contribution in [0.15, 0.2) is 52.1 Å². The van der Waals surface area contributed by atoms with Crippen molar-refractivity contribution in [1.29, 1.82) is 0 Å². The third-order valence-electron chi connectivity index (χ3n) is 7.07. The van der Waals surface area contributed by atoms with Gasteiger partial charge >= 0.3 is 11.7 Å². The van der Waals surface area contributed by atoms with Crippen LogP contribution in [0, 0.1) is 0 Å². The topological polar surface area (TPSA) is 138 Å². The van der Waals surface area contributed by atoms with Gasteiger partial charge in [0.25, 0.3) is 5.56 Å². The Hall–Kier alpha value is -4.09. The number of fused-ring (bicyclic) bond motifs is 1. The standard InChI is InChI=1S/C27H29ClN6O5/c1-31-23-22(24(35)34(27(31)38)13-16-9-10-21(39-2)19(12-16)25(36)37)33(14-17-6-3-4-8-20(17)28)26(30-23)32-11-5-7-18(29)15-32/h3-4,6,8-10,12,18H,5,7,11,13-15,29H2,1-2H3,(H,36,37)/t18-/m1/s1. The molecular formula is C27H29ClN6O5. The maximum absolute atomic E-state index is 14.0. The number of benzene rings is 2. The fourth-order valence-electron chi connectivity index (χ4n) is 5.08. The molecule has 0 radical (unpaired) electrons. The van der Waals surface area contributed by atoms with Gasteiger partial charge in [0.2, 0.25) is 5.95 Å². The number of imidazole rings is 1. The summed E-state index contributed by atoms with van der Waals surface area (Å²) in [5, 5.41) is 10.1. The summed E-state index contributed by atoms with van der Waals surface area (Å²) in [6.45, 7) is 1.41. The summed E-state index contributed by atoms with van der Waals surface area (Å²) >= 11 is 6.49. The molecule has 1 atom stereocenters. The molecule has 4 aromatic rings. The van der Waals surface area contributed by atoms with Crippen LogP contribution >= 0.6 is 11.6 Å². The molecule has 5 rings (SSSR count). The van der Waals surface area contributed by atoms with Crippen LogP contribution in [0.4, 0.5) is 5.95 Å². The van der Waals surface area contributed by atoms with Crippen LogP contribution in [-0.2, 0) is 20.1 Å². The van der Waals surface area contributed by atoms with Crippen LogP contribution in [0.25, 0.3) is 11.2 Å². The zero-order chi connectivity index (χ0) is 27.8. The number of hydrogen-bond donors (Lipinski definition) is 2. The lowest BCUT2D eigenvalue weighted by molar-refractivity contribution is 0.0693. The van der Waals surface area contributed by atoms with E-state index in [2.05, 4.69) is 0 Å². The first kappa shape index (κ1) is 26.5. The normalized spacial score (nSPS) is 15.6. The summed E-state index contributed by atoms with van der Waals surface area (Å²) in [7, 11) is 2.94. The average Bonchev–Trinajstić information content (AvgIpc) is 3.30. The number of rotatable bonds is 7. The van der Waals surface area contributed by atoms with E-state index in [0.29, 0.717) is 29.6 Å². The van der Waals surface area contributed by atoms with E-state index in [1.807, 2.05) is 23.1 Å². The van der Waals surface area contributed by atoms with Crippen molar-refractivity contribution in [3.8, 4) is 5.75 Å². The molecule has 3 N–H and O–H groups in total. The molecule has 39 heavy (non-hydrogen) atoms. The van der Waals surface area contributed by atoms with E-state index in [4.69, 9.17) is 27.1 Å². The van der Waals surface area contributed by atoms with Crippen molar-refractivity contribution in [2.45, 2.75) is 32.0 Å². The van der Waals surface area contributed by atoms with Gasteiger partial charge < -0.3 is 20.5 Å². The Balaban J connectivity index is 1.70. The number of aromatic nitrogens is 4. The first-order valence-corrected chi connectivity index (χ1v) is 12.9. The minimum Gasteiger partial charge on any atom is -0.496 e. The molecule has 0 bridgehead atoms. The Morgan fingerprint density at radius 2 is 1.95 bits per heavy atom. The highest BCUT2D eigenvalue weighted by atomic mass is 35.5. The highest BCUT2D eigenvalue weighted by Gasteiger charge is 2.27. The highest BCUT2D eigenvalue weighted by Crippen LogP contribution is 2.26. The van der Waals surface area contributed by atoms with Crippen molar-refractivity contribution in [3.05, 3.63) is 85.0 Å². The molecule has 12 heteroatoms. The number of anilines is 1. The molecule has 3 heterocycles. The quantitative estimate of drug-likeness (QED) is 0.356. The van der Waals surface area contributed by atoms with Crippen molar-refractivity contribution in [3.63, 3.8) is 0 Å². The van der Waals surface area contributed by atoms with E-state index in [1.165, 1.54) is 23.8 Å². The third-order valence-corrected chi connectivity index (χ3v) is 7.44. The van der Waals surface area contributed by atoms with Crippen LogP contribution in [-0.4, -0.2) is 56.0 Å². The van der Waals surface area contributed by atoms with Gasteiger partial charge in [0.1, 0.15) is 11.3 Å². The SMILES string of the molecule is COc1ccc(Cn2c(=O)c3c(nc(N4CCC[C@@H](N)C4)n3Cc3ccccc3Cl)n(C)c2=O)cc1C(=O)O. The zero-order valence-corrected chi connectivity index (χ0v) is 22.4. The molecule has 0 unspecified atom stereocenters. The number of methoxy groups -OCH3 is 1. The second-order valence-electron chi connectivity index (χ2n) is 9.68. The van der Waals surface area contributed by atoms with Gasteiger partial charge in [-0.3, -0.25) is 18.5 Å². The van der Waals surface area contributed by atoms with Gasteiger partial charge in [0.05, 0.1) is 20.2 Å². The van der Waals surface area contributed by atoms with E-state index < -0.39 is 17.2 Å². The predicted molar refractivity (Wildman–Crippen MR) is 148 cm³/mol. The van der Waals surface area contributed by atoms with Gasteiger partial charge in [0.15, 0.2) is 11.2 Å². The number of aromatic carboxylic acids is 1. The van der Waals surface area contributed by atoms with Crippen molar-refractivity contribution in [1.82, 2.24) is 18.7 Å². The minimum atomic E-state index is -1.17. The second-order valence-corrected chi connectivity index (χ2v) is 10.1. The molecule has 0 amide bonds. The summed E-state index contributed by atoms with van der Waals surface area (Å²) in [5.41, 5.74) is 6.86. The molecule has 2 aromatic heterocycles. The molecular weight excluding hydrogens is 524 g/mol. The smallest absolute Gasteiger partial charge is 0.339 e. The van der Waals surface area contributed by atoms with E-state index in [0.717, 1.165) is 23.0 Å². The molecule has 1 fully saturated rings. The van der Waals surface area contributed by atoms with Gasteiger partial charge in [-0.25, -0.2) is 9.59 Å². The lowest BCUT2D eigenvalue weighted by Crippen LogP contribution is -2.44. The molecule has 11 nitrogen and oxygen atoms in total.